The molecule has 3 aromatic heterocycles. The first-order valence-corrected chi connectivity index (χ1v) is 18.5. The van der Waals surface area contributed by atoms with E-state index >= 15 is 43.9 Å². The standard InChI is InChI=1S/C38H2F28N8/c39-11-1-2(12(40)10(34(54,37(61,62)63)38(64,65)66)9(11)33(53,35(55,56)57)36(58,59)60)26-67-25(1)68-27-3-5(15(43)21(49)19(47)13(3)41)29(70-27)72-31-7-8(18(46)24(52)23(51)17(7)45)32(74-31)73-30-6-4(28(69-26)71-30)14(42)20(48)22(50)16(6)44/h(H2,67,68,69,70,71,72,73,74). The number of alkyl halides is 14. The van der Waals surface area contributed by atoms with Crippen LogP contribution in [0.4, 0.5) is 123 Å². The fourth-order valence-corrected chi connectivity index (χ4v) is 7.83. The second-order valence-electron chi connectivity index (χ2n) is 15.1. The van der Waals surface area contributed by atoms with Gasteiger partial charge >= 0.3 is 36.0 Å². The van der Waals surface area contributed by atoms with Gasteiger partial charge in [0.2, 0.25) is 0 Å². The Hall–Kier alpha value is -7.72. The molecule has 0 saturated carbocycles. The van der Waals surface area contributed by atoms with Crippen molar-refractivity contribution >= 4 is 44.1 Å². The Morgan fingerprint density at radius 1 is 0.230 bits per heavy atom. The highest BCUT2D eigenvalue weighted by atomic mass is 19.4. The van der Waals surface area contributed by atoms with Crippen LogP contribution in [-0.2, 0) is 11.3 Å². The molecule has 5 heterocycles. The van der Waals surface area contributed by atoms with E-state index in [9.17, 15) is 79.0 Å². The molecule has 0 radical (unpaired) electrons. The van der Waals surface area contributed by atoms with Crippen LogP contribution in [0.5, 0.6) is 0 Å². The third-order valence-electron chi connectivity index (χ3n) is 11.0. The molecule has 0 aliphatic carbocycles. The van der Waals surface area contributed by atoms with Crippen LogP contribution < -0.4 is 0 Å². The van der Waals surface area contributed by atoms with E-state index in [2.05, 4.69) is 29.9 Å². The number of hydrogen-bond acceptors (Lipinski definition) is 6. The summed E-state index contributed by atoms with van der Waals surface area (Å²) in [7, 11) is 0. The second-order valence-corrected chi connectivity index (χ2v) is 15.1. The zero-order valence-corrected chi connectivity index (χ0v) is 33.3. The summed E-state index contributed by atoms with van der Waals surface area (Å²) in [5, 5.41) is -9.52. The van der Waals surface area contributed by atoms with Crippen molar-refractivity contribution in [1.82, 2.24) is 39.9 Å². The molecule has 0 atom stereocenters. The molecule has 0 unspecified atom stereocenters. The molecule has 8 nitrogen and oxygen atoms in total. The predicted octanol–water partition coefficient (Wildman–Crippen LogP) is 13.4. The Labute approximate surface area is 381 Å². The Bertz CT molecular complexity index is 3610. The molecule has 74 heavy (non-hydrogen) atoms. The quantitative estimate of drug-likeness (QED) is 0.101. The Kier molecular flexibility index (Phi) is 10.7. The number of aromatic nitrogens is 8. The lowest BCUT2D eigenvalue weighted by Crippen LogP contribution is -2.56. The van der Waals surface area contributed by atoms with Gasteiger partial charge in [-0.15, -0.1) is 0 Å². The predicted molar refractivity (Wildman–Crippen MR) is 185 cm³/mol. The summed E-state index contributed by atoms with van der Waals surface area (Å²) in [6.45, 7) is 0. The van der Waals surface area contributed by atoms with Gasteiger partial charge < -0.3 is 9.97 Å². The number of nitrogens with one attached hydrogen (secondary N) is 2. The summed E-state index contributed by atoms with van der Waals surface area (Å²) < 4.78 is 421. The van der Waals surface area contributed by atoms with Crippen LogP contribution in [0.1, 0.15) is 11.1 Å². The van der Waals surface area contributed by atoms with Gasteiger partial charge in [-0.2, -0.15) is 52.7 Å². The van der Waals surface area contributed by atoms with Gasteiger partial charge in [-0.3, -0.25) is 0 Å². The normalized spacial score (nSPS) is 13.7. The van der Waals surface area contributed by atoms with Crippen molar-refractivity contribution in [3.8, 4) is 45.6 Å². The van der Waals surface area contributed by atoms with Crippen molar-refractivity contribution in [2.45, 2.75) is 36.0 Å². The van der Waals surface area contributed by atoms with Crippen molar-refractivity contribution in [2.24, 2.45) is 0 Å². The van der Waals surface area contributed by atoms with Gasteiger partial charge in [-0.25, -0.2) is 100 Å². The van der Waals surface area contributed by atoms with Crippen molar-refractivity contribution < 1.29 is 123 Å². The molecule has 0 spiro atoms. The highest BCUT2D eigenvalue weighted by molar-refractivity contribution is 6.08. The molecule has 2 N–H and O–H groups in total. The van der Waals surface area contributed by atoms with E-state index in [1.807, 2.05) is 0 Å². The minimum absolute atomic E-state index is 1.19. The lowest BCUT2D eigenvalue weighted by Gasteiger charge is -2.37. The van der Waals surface area contributed by atoms with Crippen LogP contribution in [-0.4, -0.2) is 64.6 Å². The largest absolute Gasteiger partial charge is 0.436 e. The topological polar surface area (TPSA) is 109 Å². The van der Waals surface area contributed by atoms with Gasteiger partial charge in [0.15, 0.2) is 93.1 Å². The highest BCUT2D eigenvalue weighted by Crippen LogP contribution is 2.62. The van der Waals surface area contributed by atoms with Crippen molar-refractivity contribution in [3.63, 3.8) is 0 Å². The molecule has 0 fully saturated rings. The van der Waals surface area contributed by atoms with Crippen LogP contribution >= 0.6 is 0 Å². The molecular formula is C38H2F28N8. The lowest BCUT2D eigenvalue weighted by molar-refractivity contribution is -0.360. The van der Waals surface area contributed by atoms with E-state index in [1.54, 1.807) is 4.98 Å². The summed E-state index contributed by atoms with van der Waals surface area (Å²) in [6, 6.07) is 0. The first-order valence-electron chi connectivity index (χ1n) is 18.5. The number of nitrogens with zero attached hydrogens (tertiary/aromatic N) is 6. The Morgan fingerprint density at radius 2 is 0.419 bits per heavy atom. The zero-order valence-electron chi connectivity index (χ0n) is 33.3. The van der Waals surface area contributed by atoms with Gasteiger partial charge in [-0.1, -0.05) is 0 Å². The zero-order chi connectivity index (χ0) is 55.1. The Morgan fingerprint density at radius 3 is 0.622 bits per heavy atom. The van der Waals surface area contributed by atoms with Gasteiger partial charge in [0.25, 0.3) is 0 Å². The first kappa shape index (κ1) is 51.2. The molecule has 2 aliphatic heterocycles. The van der Waals surface area contributed by atoms with Crippen molar-refractivity contribution in [1.29, 1.82) is 0 Å². The van der Waals surface area contributed by atoms with Crippen LogP contribution in [0.15, 0.2) is 0 Å². The first-order chi connectivity index (χ1) is 33.9. The summed E-state index contributed by atoms with van der Waals surface area (Å²) >= 11 is 0. The van der Waals surface area contributed by atoms with Gasteiger partial charge in [0.1, 0.15) is 34.2 Å². The molecule has 0 amide bonds. The summed E-state index contributed by atoms with van der Waals surface area (Å²) in [4.78, 5) is 21.9. The fourth-order valence-electron chi connectivity index (χ4n) is 7.83. The number of aromatic amines is 2. The number of hydrogen-bond donors (Lipinski definition) is 2. The molecule has 9 rings (SSSR count). The van der Waals surface area contributed by atoms with E-state index in [4.69, 9.17) is 0 Å². The number of rotatable bonds is 2. The smallest absolute Gasteiger partial charge is 0.324 e. The molecular weight excluding hydrogens is 1100 g/mol. The maximum Gasteiger partial charge on any atom is 0.436 e. The molecule has 8 bridgehead atoms. The SMILES string of the molecule is Fc1c(F)c(F)c2c(c1F)-c1nc-2nc2[nH]c(nc3nc(nc4[nH]c(n1)c1c(F)c(F)c(F)c(F)c41)-c1c(F)c(F)c(F)c(F)c1-3)c1c(F)c(C(F)(C(F)(F)F)C(F)(F)F)c(C(F)(C(F)(F)F)C(F)(F)F)c(F)c21. The fraction of sp³-hybridized carbons (Fsp3) is 0.158. The van der Waals surface area contributed by atoms with Crippen LogP contribution in [0.2, 0.25) is 0 Å². The average molecular weight is 1100 g/mol. The highest BCUT2D eigenvalue weighted by Gasteiger charge is 2.81. The van der Waals surface area contributed by atoms with E-state index in [-0.39, 0.29) is 0 Å². The molecule has 7 aromatic rings. The van der Waals surface area contributed by atoms with E-state index < -0.39 is 218 Å². The van der Waals surface area contributed by atoms with Crippen molar-refractivity contribution in [3.05, 3.63) is 92.6 Å². The maximum absolute atomic E-state index is 17.0. The molecule has 4 aromatic carbocycles. The minimum Gasteiger partial charge on any atom is -0.324 e. The second kappa shape index (κ2) is 15.4. The lowest BCUT2D eigenvalue weighted by atomic mass is 9.80. The van der Waals surface area contributed by atoms with Gasteiger partial charge in [0.05, 0.1) is 54.9 Å². The summed E-state index contributed by atoms with van der Waals surface area (Å²) in [5.41, 5.74) is -42.7. The molecule has 36 heteroatoms. The Balaban J connectivity index is 1.67. The van der Waals surface area contributed by atoms with Crippen LogP contribution in [0.25, 0.3) is 89.7 Å². The third-order valence-corrected chi connectivity index (χ3v) is 11.0. The van der Waals surface area contributed by atoms with Crippen LogP contribution in [0, 0.1) is 81.4 Å². The van der Waals surface area contributed by atoms with Gasteiger partial charge in [-0.05, 0) is 0 Å². The monoisotopic (exact) mass is 1100 g/mol. The molecule has 0 saturated heterocycles. The maximum atomic E-state index is 17.0. The number of H-pyrrole nitrogens is 2. The minimum atomic E-state index is -8.16. The number of benzene rings is 4. The summed E-state index contributed by atoms with van der Waals surface area (Å²) in [5.74, 6) is -50.4. The van der Waals surface area contributed by atoms with Crippen LogP contribution in [0.3, 0.4) is 0 Å². The van der Waals surface area contributed by atoms with Gasteiger partial charge in [0, 0.05) is 0 Å². The third kappa shape index (κ3) is 6.42. The average Bonchev–Trinajstić information content (AvgIpc) is 4.04. The van der Waals surface area contributed by atoms with E-state index in [0.29, 0.717) is 0 Å². The molecule has 390 valence electrons. The summed E-state index contributed by atoms with van der Waals surface area (Å²) in [6.07, 6.45) is -32.6. The number of halogens is 28. The van der Waals surface area contributed by atoms with Crippen molar-refractivity contribution in [2.75, 3.05) is 0 Å². The van der Waals surface area contributed by atoms with E-state index in [1.165, 1.54) is 4.98 Å². The number of fused-ring (bicyclic) bond motifs is 20. The van der Waals surface area contributed by atoms with E-state index in [0.717, 1.165) is 0 Å². The molecule has 2 aliphatic rings.